The summed E-state index contributed by atoms with van der Waals surface area (Å²) in [5.41, 5.74) is 1.45. The largest absolute Gasteiger partial charge is 0.491 e. The van der Waals surface area contributed by atoms with Gasteiger partial charge in [-0.2, -0.15) is 0 Å². The summed E-state index contributed by atoms with van der Waals surface area (Å²) in [6.07, 6.45) is 1.67. The average molecular weight is 293 g/mol. The Bertz CT molecular complexity index is 430. The molecule has 0 bridgehead atoms. The summed E-state index contributed by atoms with van der Waals surface area (Å²) < 4.78 is 11.0. The number of rotatable bonds is 7. The molecule has 1 atom stereocenters. The molecule has 1 aliphatic heterocycles. The van der Waals surface area contributed by atoms with E-state index >= 15 is 0 Å². The Balaban J connectivity index is 1.64. The molecule has 0 spiro atoms. The lowest BCUT2D eigenvalue weighted by atomic mass is 9.82. The van der Waals surface area contributed by atoms with E-state index in [0.717, 1.165) is 43.9 Å². The van der Waals surface area contributed by atoms with Gasteiger partial charge in [0.15, 0.2) is 0 Å². The molecule has 1 fully saturated rings. The van der Waals surface area contributed by atoms with Gasteiger partial charge in [-0.15, -0.1) is 0 Å². The van der Waals surface area contributed by atoms with Gasteiger partial charge >= 0.3 is 0 Å². The van der Waals surface area contributed by atoms with Crippen LogP contribution in [0, 0.1) is 12.3 Å². The molecule has 2 rings (SSSR count). The van der Waals surface area contributed by atoms with Gasteiger partial charge in [0.05, 0.1) is 0 Å². The Labute approximate surface area is 127 Å². The van der Waals surface area contributed by atoms with Crippen LogP contribution in [-0.2, 0) is 4.74 Å². The third-order valence-corrected chi connectivity index (χ3v) is 4.06. The van der Waals surface area contributed by atoms with Gasteiger partial charge < -0.3 is 19.9 Å². The molecule has 0 saturated carbocycles. The van der Waals surface area contributed by atoms with E-state index in [1.807, 2.05) is 31.2 Å². The molecule has 1 heterocycles. The lowest BCUT2D eigenvalue weighted by Gasteiger charge is -2.34. The van der Waals surface area contributed by atoms with Crippen LogP contribution in [0.2, 0.25) is 0 Å². The number of ether oxygens (including phenoxy) is 2. The molecule has 1 aromatic rings. The first-order chi connectivity index (χ1) is 10.1. The van der Waals surface area contributed by atoms with Gasteiger partial charge in [0.2, 0.25) is 0 Å². The summed E-state index contributed by atoms with van der Waals surface area (Å²) in [6.45, 7) is 7.78. The molecule has 2 N–H and O–H groups in total. The number of aryl methyl sites for hydroxylation is 1. The maximum Gasteiger partial charge on any atom is 0.119 e. The first kappa shape index (κ1) is 16.3. The van der Waals surface area contributed by atoms with Crippen molar-refractivity contribution < 1.29 is 14.6 Å². The summed E-state index contributed by atoms with van der Waals surface area (Å²) in [4.78, 5) is 0. The van der Waals surface area contributed by atoms with Crippen LogP contribution in [-0.4, -0.2) is 44.1 Å². The molecule has 0 aliphatic carbocycles. The quantitative estimate of drug-likeness (QED) is 0.809. The Morgan fingerprint density at radius 2 is 2.14 bits per heavy atom. The van der Waals surface area contributed by atoms with Gasteiger partial charge in [-0.1, -0.05) is 19.1 Å². The molecule has 1 aromatic carbocycles. The highest BCUT2D eigenvalue weighted by Gasteiger charge is 2.26. The number of aliphatic hydroxyl groups excluding tert-OH is 1. The molecule has 0 aromatic heterocycles. The molecule has 4 heteroatoms. The van der Waals surface area contributed by atoms with Crippen molar-refractivity contribution in [3.8, 4) is 5.75 Å². The number of nitrogens with one attached hydrogen (secondary N) is 1. The molecule has 0 radical (unpaired) electrons. The van der Waals surface area contributed by atoms with Crippen LogP contribution < -0.4 is 10.1 Å². The molecule has 0 amide bonds. The van der Waals surface area contributed by atoms with Crippen LogP contribution >= 0.6 is 0 Å². The van der Waals surface area contributed by atoms with Gasteiger partial charge in [0, 0.05) is 26.3 Å². The molecule has 4 nitrogen and oxygen atoms in total. The predicted octanol–water partition coefficient (Wildman–Crippen LogP) is 2.14. The highest BCUT2D eigenvalue weighted by Crippen LogP contribution is 2.28. The summed E-state index contributed by atoms with van der Waals surface area (Å²) in [5.74, 6) is 0.811. The fourth-order valence-corrected chi connectivity index (χ4v) is 2.54. The fraction of sp³-hybridized carbons (Fsp3) is 0.647. The van der Waals surface area contributed by atoms with Crippen molar-refractivity contribution in [3.63, 3.8) is 0 Å². The standard InChI is InChI=1S/C17H27NO3/c1-14-4-3-5-16(10-14)21-12-15(19)11-18-13-17(2)6-8-20-9-7-17/h3-5,10,15,18-19H,6-9,11-13H2,1-2H3. The van der Waals surface area contributed by atoms with E-state index in [9.17, 15) is 5.11 Å². The van der Waals surface area contributed by atoms with E-state index < -0.39 is 6.10 Å². The minimum absolute atomic E-state index is 0.287. The minimum atomic E-state index is -0.492. The van der Waals surface area contributed by atoms with Gasteiger partial charge in [0.1, 0.15) is 18.5 Å². The molecule has 1 unspecified atom stereocenters. The van der Waals surface area contributed by atoms with E-state index in [2.05, 4.69) is 12.2 Å². The van der Waals surface area contributed by atoms with Crippen molar-refractivity contribution >= 4 is 0 Å². The first-order valence-electron chi connectivity index (χ1n) is 7.73. The first-order valence-corrected chi connectivity index (χ1v) is 7.73. The van der Waals surface area contributed by atoms with Crippen molar-refractivity contribution in [1.29, 1.82) is 0 Å². The Kier molecular flexibility index (Phi) is 6.03. The zero-order chi connectivity index (χ0) is 15.1. The number of benzene rings is 1. The van der Waals surface area contributed by atoms with E-state index in [1.165, 1.54) is 0 Å². The van der Waals surface area contributed by atoms with E-state index in [4.69, 9.17) is 9.47 Å². The molecular weight excluding hydrogens is 266 g/mol. The molecular formula is C17H27NO3. The summed E-state index contributed by atoms with van der Waals surface area (Å²) in [6, 6.07) is 7.88. The van der Waals surface area contributed by atoms with Crippen LogP contribution in [0.3, 0.4) is 0 Å². The number of hydrogen-bond acceptors (Lipinski definition) is 4. The van der Waals surface area contributed by atoms with Crippen molar-refractivity contribution in [2.75, 3.05) is 32.9 Å². The Hall–Kier alpha value is -1.10. The second-order valence-corrected chi connectivity index (χ2v) is 6.34. The number of aliphatic hydroxyl groups is 1. The van der Waals surface area contributed by atoms with Gasteiger partial charge in [0.25, 0.3) is 0 Å². The molecule has 1 aliphatic rings. The van der Waals surface area contributed by atoms with Crippen LogP contribution in [0.15, 0.2) is 24.3 Å². The average Bonchev–Trinajstić information content (AvgIpc) is 2.46. The zero-order valence-corrected chi connectivity index (χ0v) is 13.1. The molecule has 118 valence electrons. The maximum absolute atomic E-state index is 9.98. The van der Waals surface area contributed by atoms with E-state index in [0.29, 0.717) is 13.2 Å². The summed E-state index contributed by atoms with van der Waals surface area (Å²) >= 11 is 0. The topological polar surface area (TPSA) is 50.7 Å². The van der Waals surface area contributed by atoms with Crippen LogP contribution in [0.1, 0.15) is 25.3 Å². The van der Waals surface area contributed by atoms with Gasteiger partial charge in [-0.25, -0.2) is 0 Å². The highest BCUT2D eigenvalue weighted by atomic mass is 16.5. The van der Waals surface area contributed by atoms with E-state index in [-0.39, 0.29) is 5.41 Å². The zero-order valence-electron chi connectivity index (χ0n) is 13.1. The Morgan fingerprint density at radius 1 is 1.38 bits per heavy atom. The molecule has 21 heavy (non-hydrogen) atoms. The SMILES string of the molecule is Cc1cccc(OCC(O)CNCC2(C)CCOCC2)c1. The second kappa shape index (κ2) is 7.78. The maximum atomic E-state index is 9.98. The lowest BCUT2D eigenvalue weighted by molar-refractivity contribution is 0.0217. The normalized spacial score (nSPS) is 19.2. The monoisotopic (exact) mass is 293 g/mol. The van der Waals surface area contributed by atoms with E-state index in [1.54, 1.807) is 0 Å². The fourth-order valence-electron chi connectivity index (χ4n) is 2.54. The minimum Gasteiger partial charge on any atom is -0.491 e. The van der Waals surface area contributed by atoms with Crippen LogP contribution in [0.25, 0.3) is 0 Å². The van der Waals surface area contributed by atoms with Crippen LogP contribution in [0.4, 0.5) is 0 Å². The summed E-state index contributed by atoms with van der Waals surface area (Å²) in [7, 11) is 0. The lowest BCUT2D eigenvalue weighted by Crippen LogP contribution is -2.40. The van der Waals surface area contributed by atoms with Crippen molar-refractivity contribution in [3.05, 3.63) is 29.8 Å². The summed E-state index contributed by atoms with van der Waals surface area (Å²) in [5, 5.41) is 13.3. The highest BCUT2D eigenvalue weighted by molar-refractivity contribution is 5.27. The third-order valence-electron chi connectivity index (χ3n) is 4.06. The Morgan fingerprint density at radius 3 is 2.86 bits per heavy atom. The smallest absolute Gasteiger partial charge is 0.119 e. The van der Waals surface area contributed by atoms with Crippen molar-refractivity contribution in [1.82, 2.24) is 5.32 Å². The number of hydrogen-bond donors (Lipinski definition) is 2. The van der Waals surface area contributed by atoms with Gasteiger partial charge in [-0.3, -0.25) is 0 Å². The van der Waals surface area contributed by atoms with Gasteiger partial charge in [-0.05, 0) is 42.9 Å². The predicted molar refractivity (Wildman–Crippen MR) is 83.7 cm³/mol. The van der Waals surface area contributed by atoms with Crippen LogP contribution in [0.5, 0.6) is 5.75 Å². The second-order valence-electron chi connectivity index (χ2n) is 6.34. The molecule has 1 saturated heterocycles. The van der Waals surface area contributed by atoms with Crippen molar-refractivity contribution in [2.24, 2.45) is 5.41 Å². The third kappa shape index (κ3) is 5.65. The van der Waals surface area contributed by atoms with Crippen molar-refractivity contribution in [2.45, 2.75) is 32.8 Å².